The van der Waals surface area contributed by atoms with Crippen LogP contribution in [-0.2, 0) is 9.59 Å². The third kappa shape index (κ3) is 5.90. The van der Waals surface area contributed by atoms with Gasteiger partial charge in [-0.1, -0.05) is 0 Å². The molecule has 0 aromatic rings. The number of carbonyl (C=O) groups excluding carboxylic acids is 1. The number of likely N-dealkylation sites (tertiary alicyclic amines) is 1. The third-order valence-corrected chi connectivity index (χ3v) is 3.74. The molecule has 2 atom stereocenters. The SMILES string of the molecule is CC(C(=O)NC(C)(C)C)N1CCCC(CCC(=O)O)C1. The Morgan fingerprint density at radius 1 is 1.40 bits per heavy atom. The van der Waals surface area contributed by atoms with Gasteiger partial charge in [0.05, 0.1) is 6.04 Å². The van der Waals surface area contributed by atoms with Crippen LogP contribution in [0, 0.1) is 5.92 Å². The Kier molecular flexibility index (Phi) is 5.99. The Labute approximate surface area is 121 Å². The number of piperidine rings is 1. The molecule has 5 nitrogen and oxygen atoms in total. The summed E-state index contributed by atoms with van der Waals surface area (Å²) >= 11 is 0. The van der Waals surface area contributed by atoms with Crippen molar-refractivity contribution >= 4 is 11.9 Å². The molecular formula is C15H28N2O3. The highest BCUT2D eigenvalue weighted by Crippen LogP contribution is 2.22. The molecule has 2 N–H and O–H groups in total. The van der Waals surface area contributed by atoms with E-state index in [2.05, 4.69) is 10.2 Å². The second-order valence-electron chi connectivity index (χ2n) is 6.85. The lowest BCUT2D eigenvalue weighted by Crippen LogP contribution is -2.53. The quantitative estimate of drug-likeness (QED) is 0.808. The van der Waals surface area contributed by atoms with Crippen LogP contribution in [-0.4, -0.2) is 46.6 Å². The number of carbonyl (C=O) groups is 2. The molecule has 116 valence electrons. The van der Waals surface area contributed by atoms with Crippen molar-refractivity contribution in [3.8, 4) is 0 Å². The number of aliphatic carboxylic acids is 1. The van der Waals surface area contributed by atoms with Crippen LogP contribution in [0.15, 0.2) is 0 Å². The van der Waals surface area contributed by atoms with E-state index in [1.54, 1.807) is 0 Å². The van der Waals surface area contributed by atoms with Gasteiger partial charge in [-0.25, -0.2) is 0 Å². The molecule has 0 radical (unpaired) electrons. The number of nitrogens with zero attached hydrogens (tertiary/aromatic N) is 1. The summed E-state index contributed by atoms with van der Waals surface area (Å²) in [6.45, 7) is 9.60. The molecule has 0 bridgehead atoms. The molecule has 2 unspecified atom stereocenters. The minimum absolute atomic E-state index is 0.0522. The smallest absolute Gasteiger partial charge is 0.303 e. The normalized spacial score (nSPS) is 22.3. The highest BCUT2D eigenvalue weighted by atomic mass is 16.4. The predicted octanol–water partition coefficient (Wildman–Crippen LogP) is 1.87. The van der Waals surface area contributed by atoms with Gasteiger partial charge in [-0.05, 0) is 59.4 Å². The van der Waals surface area contributed by atoms with Crippen molar-refractivity contribution in [2.24, 2.45) is 5.92 Å². The molecule has 0 aliphatic carbocycles. The Morgan fingerprint density at radius 2 is 2.05 bits per heavy atom. The summed E-state index contributed by atoms with van der Waals surface area (Å²) in [6, 6.07) is -0.151. The number of amides is 1. The lowest BCUT2D eigenvalue weighted by molar-refractivity contribution is -0.137. The zero-order chi connectivity index (χ0) is 15.3. The summed E-state index contributed by atoms with van der Waals surface area (Å²) in [5.41, 5.74) is -0.218. The van der Waals surface area contributed by atoms with Crippen molar-refractivity contribution in [3.63, 3.8) is 0 Å². The van der Waals surface area contributed by atoms with E-state index in [4.69, 9.17) is 5.11 Å². The maximum atomic E-state index is 12.2. The average Bonchev–Trinajstić information content (AvgIpc) is 2.33. The van der Waals surface area contributed by atoms with Gasteiger partial charge in [0, 0.05) is 18.5 Å². The minimum Gasteiger partial charge on any atom is -0.481 e. The molecule has 1 fully saturated rings. The van der Waals surface area contributed by atoms with Crippen LogP contribution in [0.1, 0.15) is 53.4 Å². The number of nitrogens with one attached hydrogen (secondary N) is 1. The fraction of sp³-hybridized carbons (Fsp3) is 0.867. The first-order valence-corrected chi connectivity index (χ1v) is 7.47. The summed E-state index contributed by atoms with van der Waals surface area (Å²) in [5.74, 6) is -0.290. The zero-order valence-electron chi connectivity index (χ0n) is 13.1. The van der Waals surface area contributed by atoms with Crippen molar-refractivity contribution in [2.45, 2.75) is 65.0 Å². The van der Waals surface area contributed by atoms with E-state index in [-0.39, 0.29) is 23.9 Å². The molecule has 1 saturated heterocycles. The van der Waals surface area contributed by atoms with Gasteiger partial charge < -0.3 is 10.4 Å². The van der Waals surface area contributed by atoms with Crippen LogP contribution in [0.2, 0.25) is 0 Å². The Hall–Kier alpha value is -1.10. The molecule has 20 heavy (non-hydrogen) atoms. The molecule has 5 heteroatoms. The summed E-state index contributed by atoms with van der Waals surface area (Å²) < 4.78 is 0. The topological polar surface area (TPSA) is 69.6 Å². The molecular weight excluding hydrogens is 256 g/mol. The van der Waals surface area contributed by atoms with E-state index in [1.807, 2.05) is 27.7 Å². The van der Waals surface area contributed by atoms with Gasteiger partial charge >= 0.3 is 5.97 Å². The molecule has 1 rings (SSSR count). The maximum absolute atomic E-state index is 12.2. The van der Waals surface area contributed by atoms with Gasteiger partial charge in [0.25, 0.3) is 0 Å². The maximum Gasteiger partial charge on any atom is 0.303 e. The summed E-state index contributed by atoms with van der Waals surface area (Å²) in [5, 5.41) is 11.8. The van der Waals surface area contributed by atoms with Gasteiger partial charge in [0.15, 0.2) is 0 Å². The van der Waals surface area contributed by atoms with Gasteiger partial charge in [0.1, 0.15) is 0 Å². The number of hydrogen-bond donors (Lipinski definition) is 2. The van der Waals surface area contributed by atoms with Crippen molar-refractivity contribution in [2.75, 3.05) is 13.1 Å². The van der Waals surface area contributed by atoms with Gasteiger partial charge in [0.2, 0.25) is 5.91 Å². The minimum atomic E-state index is -0.736. The zero-order valence-corrected chi connectivity index (χ0v) is 13.1. The number of hydrogen-bond acceptors (Lipinski definition) is 3. The molecule has 0 aromatic carbocycles. The largest absolute Gasteiger partial charge is 0.481 e. The first-order valence-electron chi connectivity index (χ1n) is 7.47. The molecule has 1 aliphatic rings. The standard InChI is InChI=1S/C15H28N2O3/c1-11(14(20)16-15(2,3)4)17-9-5-6-12(10-17)7-8-13(18)19/h11-12H,5-10H2,1-4H3,(H,16,20)(H,18,19). The van der Waals surface area contributed by atoms with E-state index in [0.29, 0.717) is 12.3 Å². The summed E-state index contributed by atoms with van der Waals surface area (Å²) in [4.78, 5) is 25.0. The third-order valence-electron chi connectivity index (χ3n) is 3.74. The Morgan fingerprint density at radius 3 is 2.60 bits per heavy atom. The molecule has 1 heterocycles. The molecule has 0 spiro atoms. The van der Waals surface area contributed by atoms with Crippen LogP contribution in [0.25, 0.3) is 0 Å². The first kappa shape index (κ1) is 17.0. The van der Waals surface area contributed by atoms with Gasteiger partial charge in [-0.2, -0.15) is 0 Å². The predicted molar refractivity (Wildman–Crippen MR) is 78.5 cm³/mol. The van der Waals surface area contributed by atoms with Crippen LogP contribution < -0.4 is 5.32 Å². The Bertz CT molecular complexity index is 350. The highest BCUT2D eigenvalue weighted by molar-refractivity contribution is 5.81. The lowest BCUT2D eigenvalue weighted by atomic mass is 9.92. The fourth-order valence-corrected chi connectivity index (χ4v) is 2.65. The number of carboxylic acids is 1. The van der Waals surface area contributed by atoms with Crippen LogP contribution in [0.3, 0.4) is 0 Å². The summed E-state index contributed by atoms with van der Waals surface area (Å²) in [7, 11) is 0. The van der Waals surface area contributed by atoms with Crippen LogP contribution in [0.4, 0.5) is 0 Å². The second kappa shape index (κ2) is 7.07. The van der Waals surface area contributed by atoms with Crippen molar-refractivity contribution in [3.05, 3.63) is 0 Å². The number of rotatable bonds is 5. The highest BCUT2D eigenvalue weighted by Gasteiger charge is 2.29. The molecule has 1 amide bonds. The van der Waals surface area contributed by atoms with E-state index in [9.17, 15) is 9.59 Å². The number of carboxylic acid groups (broad SMARTS) is 1. The monoisotopic (exact) mass is 284 g/mol. The molecule has 1 aliphatic heterocycles. The van der Waals surface area contributed by atoms with E-state index >= 15 is 0 Å². The fourth-order valence-electron chi connectivity index (χ4n) is 2.65. The van der Waals surface area contributed by atoms with E-state index < -0.39 is 5.97 Å². The van der Waals surface area contributed by atoms with Crippen molar-refractivity contribution in [1.82, 2.24) is 10.2 Å². The molecule has 0 saturated carbocycles. The first-order chi connectivity index (χ1) is 9.19. The lowest BCUT2D eigenvalue weighted by Gasteiger charge is -2.37. The van der Waals surface area contributed by atoms with Crippen molar-refractivity contribution in [1.29, 1.82) is 0 Å². The Balaban J connectivity index is 2.49. The van der Waals surface area contributed by atoms with Gasteiger partial charge in [-0.3, -0.25) is 14.5 Å². The van der Waals surface area contributed by atoms with Crippen LogP contribution >= 0.6 is 0 Å². The molecule has 0 aromatic heterocycles. The van der Waals surface area contributed by atoms with Crippen LogP contribution in [0.5, 0.6) is 0 Å². The second-order valence-corrected chi connectivity index (χ2v) is 6.85. The summed E-state index contributed by atoms with van der Waals surface area (Å²) in [6.07, 6.45) is 3.04. The van der Waals surface area contributed by atoms with Gasteiger partial charge in [-0.15, -0.1) is 0 Å². The average molecular weight is 284 g/mol. The van der Waals surface area contributed by atoms with E-state index in [0.717, 1.165) is 25.9 Å². The van der Waals surface area contributed by atoms with Crippen molar-refractivity contribution < 1.29 is 14.7 Å². The van der Waals surface area contributed by atoms with E-state index in [1.165, 1.54) is 0 Å².